The highest BCUT2D eigenvalue weighted by Crippen LogP contribution is 2.25. The first-order valence-electron chi connectivity index (χ1n) is 6.99. The summed E-state index contributed by atoms with van der Waals surface area (Å²) in [7, 11) is 0. The van der Waals surface area contributed by atoms with E-state index in [4.69, 9.17) is 10.5 Å². The smallest absolute Gasteiger partial charge is 0.308 e. The summed E-state index contributed by atoms with van der Waals surface area (Å²) in [6.07, 6.45) is 2.94. The molecule has 0 bridgehead atoms. The van der Waals surface area contributed by atoms with Gasteiger partial charge in [-0.2, -0.15) is 0 Å². The maximum absolute atomic E-state index is 11.6. The van der Waals surface area contributed by atoms with Gasteiger partial charge >= 0.3 is 5.97 Å². The highest BCUT2D eigenvalue weighted by Gasteiger charge is 2.27. The first-order valence-corrected chi connectivity index (χ1v) is 6.99. The van der Waals surface area contributed by atoms with Crippen molar-refractivity contribution in [2.24, 2.45) is 11.7 Å². The van der Waals surface area contributed by atoms with E-state index in [1.165, 1.54) is 0 Å². The first-order chi connectivity index (χ1) is 9.56. The largest absolute Gasteiger partial charge is 0.466 e. The van der Waals surface area contributed by atoms with Crippen LogP contribution in [0.4, 0.5) is 0 Å². The maximum Gasteiger partial charge on any atom is 0.308 e. The van der Waals surface area contributed by atoms with E-state index in [1.807, 2.05) is 0 Å². The Morgan fingerprint density at radius 2 is 1.80 bits per heavy atom. The van der Waals surface area contributed by atoms with Gasteiger partial charge < -0.3 is 21.1 Å². The third-order valence-corrected chi connectivity index (χ3v) is 3.34. The highest BCUT2D eigenvalue weighted by atomic mass is 16.5. The number of nitrogens with two attached hydrogens (primary N) is 1. The van der Waals surface area contributed by atoms with Crippen LogP contribution < -0.4 is 16.4 Å². The Morgan fingerprint density at radius 3 is 2.35 bits per heavy atom. The minimum atomic E-state index is -0.355. The number of carbonyl (C=O) groups is 3. The third-order valence-electron chi connectivity index (χ3n) is 3.34. The van der Waals surface area contributed by atoms with Crippen molar-refractivity contribution < 1.29 is 19.1 Å². The number of carbonyl (C=O) groups excluding carboxylic acids is 3. The highest BCUT2D eigenvalue weighted by molar-refractivity contribution is 5.85. The van der Waals surface area contributed by atoms with Gasteiger partial charge in [-0.15, -0.1) is 0 Å². The molecule has 0 spiro atoms. The second kappa shape index (κ2) is 8.52. The van der Waals surface area contributed by atoms with E-state index in [1.54, 1.807) is 6.92 Å². The Hall–Kier alpha value is -1.63. The van der Waals surface area contributed by atoms with Gasteiger partial charge in [0.15, 0.2) is 0 Å². The molecule has 0 aromatic rings. The lowest BCUT2D eigenvalue weighted by Crippen LogP contribution is -2.44. The molecule has 0 radical (unpaired) electrons. The molecule has 20 heavy (non-hydrogen) atoms. The number of hydrogen-bond donors (Lipinski definition) is 3. The van der Waals surface area contributed by atoms with E-state index in [0.29, 0.717) is 6.61 Å². The van der Waals surface area contributed by atoms with Crippen LogP contribution >= 0.6 is 0 Å². The van der Waals surface area contributed by atoms with Gasteiger partial charge in [0.1, 0.15) is 0 Å². The minimum Gasteiger partial charge on any atom is -0.466 e. The summed E-state index contributed by atoms with van der Waals surface area (Å²) in [6.45, 7) is 2.00. The molecule has 114 valence electrons. The molecule has 1 aliphatic carbocycles. The van der Waals surface area contributed by atoms with Gasteiger partial charge in [-0.25, -0.2) is 0 Å². The van der Waals surface area contributed by atoms with Crippen LogP contribution in [0.1, 0.15) is 32.6 Å². The molecule has 0 unspecified atom stereocenters. The van der Waals surface area contributed by atoms with E-state index in [9.17, 15) is 14.4 Å². The van der Waals surface area contributed by atoms with Crippen LogP contribution in [0.3, 0.4) is 0 Å². The van der Waals surface area contributed by atoms with Crippen molar-refractivity contribution >= 4 is 17.8 Å². The second-order valence-electron chi connectivity index (χ2n) is 4.85. The molecule has 0 heterocycles. The molecular formula is C13H23N3O4. The molecule has 2 amide bonds. The number of ether oxygens (including phenoxy) is 1. The van der Waals surface area contributed by atoms with Crippen LogP contribution in [0.5, 0.6) is 0 Å². The fraction of sp³-hybridized carbons (Fsp3) is 0.769. The molecular weight excluding hydrogens is 262 g/mol. The van der Waals surface area contributed by atoms with Gasteiger partial charge in [0.2, 0.25) is 11.8 Å². The monoisotopic (exact) mass is 285 g/mol. The molecule has 0 aliphatic heterocycles. The van der Waals surface area contributed by atoms with Crippen LogP contribution in [0.25, 0.3) is 0 Å². The average molecular weight is 285 g/mol. The summed E-state index contributed by atoms with van der Waals surface area (Å²) in [4.78, 5) is 34.1. The lowest BCUT2D eigenvalue weighted by molar-refractivity contribution is -0.149. The van der Waals surface area contributed by atoms with Crippen molar-refractivity contribution in [3.05, 3.63) is 0 Å². The third kappa shape index (κ3) is 5.56. The van der Waals surface area contributed by atoms with Crippen LogP contribution in [0, 0.1) is 5.92 Å². The fourth-order valence-electron chi connectivity index (χ4n) is 2.26. The predicted octanol–water partition coefficient (Wildman–Crippen LogP) is -0.701. The van der Waals surface area contributed by atoms with Gasteiger partial charge in [-0.1, -0.05) is 0 Å². The molecule has 0 aromatic carbocycles. The molecule has 1 rings (SSSR count). The summed E-state index contributed by atoms with van der Waals surface area (Å²) >= 11 is 0. The van der Waals surface area contributed by atoms with Crippen LogP contribution in [0.15, 0.2) is 0 Å². The standard InChI is InChI=1S/C13H23N3O4/c1-2-20-13(19)9-3-5-10(6-4-9)16-12(18)8-15-11(17)7-14/h9-10H,2-8,14H2,1H3,(H,15,17)(H,16,18). The Balaban J connectivity index is 2.23. The zero-order valence-corrected chi connectivity index (χ0v) is 11.8. The lowest BCUT2D eigenvalue weighted by Gasteiger charge is -2.27. The number of nitrogens with one attached hydrogen (secondary N) is 2. The Morgan fingerprint density at radius 1 is 1.15 bits per heavy atom. The number of esters is 1. The SMILES string of the molecule is CCOC(=O)C1CCC(NC(=O)CNC(=O)CN)CC1. The van der Waals surface area contributed by atoms with E-state index in [-0.39, 0.29) is 42.8 Å². The summed E-state index contributed by atoms with van der Waals surface area (Å²) < 4.78 is 4.99. The molecule has 4 N–H and O–H groups in total. The van der Waals surface area contributed by atoms with Crippen molar-refractivity contribution in [2.75, 3.05) is 19.7 Å². The van der Waals surface area contributed by atoms with Crippen LogP contribution in [-0.2, 0) is 19.1 Å². The fourth-order valence-corrected chi connectivity index (χ4v) is 2.26. The second-order valence-corrected chi connectivity index (χ2v) is 4.85. The number of amides is 2. The Labute approximate surface area is 118 Å². The topological polar surface area (TPSA) is 111 Å². The van der Waals surface area contributed by atoms with Crippen molar-refractivity contribution in [1.29, 1.82) is 0 Å². The Bertz CT molecular complexity index is 352. The van der Waals surface area contributed by atoms with Gasteiger partial charge in [-0.05, 0) is 32.6 Å². The zero-order valence-electron chi connectivity index (χ0n) is 11.8. The molecule has 1 aliphatic rings. The summed E-state index contributed by atoms with van der Waals surface area (Å²) in [5, 5.41) is 5.26. The van der Waals surface area contributed by atoms with Crippen molar-refractivity contribution in [2.45, 2.75) is 38.6 Å². The molecule has 7 heteroatoms. The van der Waals surface area contributed by atoms with Crippen LogP contribution in [-0.4, -0.2) is 43.5 Å². The van der Waals surface area contributed by atoms with E-state index >= 15 is 0 Å². The van der Waals surface area contributed by atoms with E-state index in [2.05, 4.69) is 10.6 Å². The molecule has 1 saturated carbocycles. The predicted molar refractivity (Wildman–Crippen MR) is 72.6 cm³/mol. The summed E-state index contributed by atoms with van der Waals surface area (Å²) in [6, 6.07) is 0.0583. The van der Waals surface area contributed by atoms with Gasteiger partial charge in [-0.3, -0.25) is 14.4 Å². The van der Waals surface area contributed by atoms with Gasteiger partial charge in [0.05, 0.1) is 25.6 Å². The number of rotatable bonds is 6. The van der Waals surface area contributed by atoms with Gasteiger partial charge in [0, 0.05) is 6.04 Å². The average Bonchev–Trinajstić information content (AvgIpc) is 2.45. The molecule has 7 nitrogen and oxygen atoms in total. The summed E-state index contributed by atoms with van der Waals surface area (Å²) in [5.41, 5.74) is 5.12. The van der Waals surface area contributed by atoms with Crippen LogP contribution in [0.2, 0.25) is 0 Å². The normalized spacial score (nSPS) is 21.9. The molecule has 0 saturated heterocycles. The van der Waals surface area contributed by atoms with Crippen molar-refractivity contribution in [3.8, 4) is 0 Å². The quantitative estimate of drug-likeness (QED) is 0.559. The lowest BCUT2D eigenvalue weighted by atomic mass is 9.86. The summed E-state index contributed by atoms with van der Waals surface area (Å²) in [5.74, 6) is -0.787. The van der Waals surface area contributed by atoms with E-state index in [0.717, 1.165) is 25.7 Å². The Kier molecular flexibility index (Phi) is 7.00. The first kappa shape index (κ1) is 16.4. The molecule has 0 aromatic heterocycles. The number of hydrogen-bond acceptors (Lipinski definition) is 5. The minimum absolute atomic E-state index is 0.0555. The van der Waals surface area contributed by atoms with Crippen molar-refractivity contribution in [1.82, 2.24) is 10.6 Å². The van der Waals surface area contributed by atoms with Gasteiger partial charge in [0.25, 0.3) is 0 Å². The zero-order chi connectivity index (χ0) is 15.0. The molecule has 1 fully saturated rings. The van der Waals surface area contributed by atoms with E-state index < -0.39 is 0 Å². The molecule has 0 atom stereocenters. The van der Waals surface area contributed by atoms with Crippen molar-refractivity contribution in [3.63, 3.8) is 0 Å². The maximum atomic E-state index is 11.6.